The summed E-state index contributed by atoms with van der Waals surface area (Å²) in [5, 5.41) is 0. The zero-order chi connectivity index (χ0) is 10.6. The second-order valence-corrected chi connectivity index (χ2v) is 3.20. The minimum atomic E-state index is 0.974. The summed E-state index contributed by atoms with van der Waals surface area (Å²) in [5.41, 5.74) is 1.37. The van der Waals surface area contributed by atoms with E-state index in [0.29, 0.717) is 0 Å². The van der Waals surface area contributed by atoms with Crippen molar-refractivity contribution in [1.29, 1.82) is 0 Å². The SMILES string of the molecule is C=CCC(C=CCC=CCC)=CCC. The van der Waals surface area contributed by atoms with E-state index < -0.39 is 0 Å². The van der Waals surface area contributed by atoms with Crippen LogP contribution in [-0.2, 0) is 0 Å². The summed E-state index contributed by atoms with van der Waals surface area (Å²) in [7, 11) is 0. The molecule has 0 atom stereocenters. The zero-order valence-electron chi connectivity index (χ0n) is 9.50. The van der Waals surface area contributed by atoms with Crippen molar-refractivity contribution >= 4 is 0 Å². The minimum Gasteiger partial charge on any atom is -0.103 e. The van der Waals surface area contributed by atoms with Gasteiger partial charge >= 0.3 is 0 Å². The maximum Gasteiger partial charge on any atom is -0.0103 e. The third-order valence-corrected chi connectivity index (χ3v) is 1.85. The molecule has 0 spiro atoms. The first-order valence-electron chi connectivity index (χ1n) is 5.46. The lowest BCUT2D eigenvalue weighted by Crippen LogP contribution is -1.75. The smallest absolute Gasteiger partial charge is 0.0103 e. The molecule has 0 amide bonds. The summed E-state index contributed by atoms with van der Waals surface area (Å²) in [6.45, 7) is 8.07. The van der Waals surface area contributed by atoms with E-state index in [1.54, 1.807) is 0 Å². The molecule has 0 fully saturated rings. The monoisotopic (exact) mass is 190 g/mol. The summed E-state index contributed by atoms with van der Waals surface area (Å²) in [5.74, 6) is 0. The lowest BCUT2D eigenvalue weighted by molar-refractivity contribution is 1.15. The van der Waals surface area contributed by atoms with Gasteiger partial charge in [0.1, 0.15) is 0 Å². The number of rotatable bonds is 7. The van der Waals surface area contributed by atoms with E-state index in [1.807, 2.05) is 6.08 Å². The predicted molar refractivity (Wildman–Crippen MR) is 66.4 cm³/mol. The van der Waals surface area contributed by atoms with E-state index >= 15 is 0 Å². The van der Waals surface area contributed by atoms with Crippen LogP contribution in [0, 0.1) is 0 Å². The van der Waals surface area contributed by atoms with Gasteiger partial charge in [-0.1, -0.05) is 50.3 Å². The van der Waals surface area contributed by atoms with Crippen molar-refractivity contribution in [3.05, 3.63) is 48.6 Å². The molecule has 78 valence electrons. The van der Waals surface area contributed by atoms with Gasteiger partial charge < -0.3 is 0 Å². The van der Waals surface area contributed by atoms with Gasteiger partial charge in [-0.3, -0.25) is 0 Å². The highest BCUT2D eigenvalue weighted by atomic mass is 13.9. The molecule has 0 aromatic heterocycles. The average molecular weight is 190 g/mol. The van der Waals surface area contributed by atoms with Crippen molar-refractivity contribution in [1.82, 2.24) is 0 Å². The van der Waals surface area contributed by atoms with Crippen LogP contribution in [0.5, 0.6) is 0 Å². The average Bonchev–Trinajstić information content (AvgIpc) is 2.18. The van der Waals surface area contributed by atoms with Gasteiger partial charge in [0.05, 0.1) is 0 Å². The molecule has 0 aliphatic rings. The normalized spacial score (nSPS) is 12.9. The Kier molecular flexibility index (Phi) is 9.30. The summed E-state index contributed by atoms with van der Waals surface area (Å²) < 4.78 is 0. The molecule has 0 N–H and O–H groups in total. The molecule has 0 heterocycles. The van der Waals surface area contributed by atoms with Crippen molar-refractivity contribution in [3.8, 4) is 0 Å². The predicted octanol–water partition coefficient (Wildman–Crippen LogP) is 4.81. The highest BCUT2D eigenvalue weighted by Gasteiger charge is 1.85. The summed E-state index contributed by atoms with van der Waals surface area (Å²) in [4.78, 5) is 0. The van der Waals surface area contributed by atoms with Crippen molar-refractivity contribution < 1.29 is 0 Å². The van der Waals surface area contributed by atoms with Crippen LogP contribution in [0.25, 0.3) is 0 Å². The summed E-state index contributed by atoms with van der Waals surface area (Å²) >= 11 is 0. The fourth-order valence-corrected chi connectivity index (χ4v) is 1.21. The molecule has 0 bridgehead atoms. The molecule has 0 saturated heterocycles. The Bertz CT molecular complexity index is 216. The second kappa shape index (κ2) is 10.0. The molecule has 0 rings (SSSR count). The Morgan fingerprint density at radius 3 is 2.43 bits per heavy atom. The first-order chi connectivity index (χ1) is 6.85. The van der Waals surface area contributed by atoms with Gasteiger partial charge in [-0.15, -0.1) is 6.58 Å². The number of hydrogen-bond acceptors (Lipinski definition) is 0. The first kappa shape index (κ1) is 13.0. The topological polar surface area (TPSA) is 0 Å². The minimum absolute atomic E-state index is 0.974. The van der Waals surface area contributed by atoms with Crippen LogP contribution in [-0.4, -0.2) is 0 Å². The molecular weight excluding hydrogens is 168 g/mol. The Morgan fingerprint density at radius 2 is 1.86 bits per heavy atom. The third-order valence-electron chi connectivity index (χ3n) is 1.85. The molecule has 0 heteroatoms. The van der Waals surface area contributed by atoms with E-state index in [1.165, 1.54) is 5.57 Å². The standard InChI is InChI=1S/C14H22/c1-4-7-8-9-10-13-14(11-5-2)12-6-3/h5,7-8,10,12-13H,2,4,6,9,11H2,1,3H3. The van der Waals surface area contributed by atoms with E-state index in [0.717, 1.165) is 25.7 Å². The summed E-state index contributed by atoms with van der Waals surface area (Å²) in [6.07, 6.45) is 17.2. The van der Waals surface area contributed by atoms with Crippen LogP contribution in [0.3, 0.4) is 0 Å². The molecule has 0 aliphatic carbocycles. The first-order valence-corrected chi connectivity index (χ1v) is 5.46. The maximum atomic E-state index is 3.75. The van der Waals surface area contributed by atoms with Gasteiger partial charge in [-0.05, 0) is 31.3 Å². The molecule has 0 nitrogen and oxygen atoms in total. The molecule has 0 aromatic rings. The van der Waals surface area contributed by atoms with Crippen molar-refractivity contribution in [2.45, 2.75) is 39.5 Å². The van der Waals surface area contributed by atoms with Gasteiger partial charge in [0.15, 0.2) is 0 Å². The summed E-state index contributed by atoms with van der Waals surface area (Å²) in [6, 6.07) is 0. The Balaban J connectivity index is 3.96. The zero-order valence-corrected chi connectivity index (χ0v) is 9.50. The van der Waals surface area contributed by atoms with Crippen molar-refractivity contribution in [3.63, 3.8) is 0 Å². The largest absolute Gasteiger partial charge is 0.103 e. The van der Waals surface area contributed by atoms with Crippen LogP contribution < -0.4 is 0 Å². The molecular formula is C14H22. The lowest BCUT2D eigenvalue weighted by Gasteiger charge is -1.95. The second-order valence-electron chi connectivity index (χ2n) is 3.20. The number of allylic oxidation sites excluding steroid dienone is 7. The van der Waals surface area contributed by atoms with E-state index in [9.17, 15) is 0 Å². The van der Waals surface area contributed by atoms with E-state index in [4.69, 9.17) is 0 Å². The van der Waals surface area contributed by atoms with Gasteiger partial charge in [-0.25, -0.2) is 0 Å². The fourth-order valence-electron chi connectivity index (χ4n) is 1.21. The Labute approximate surface area is 88.7 Å². The van der Waals surface area contributed by atoms with E-state index in [-0.39, 0.29) is 0 Å². The van der Waals surface area contributed by atoms with Gasteiger partial charge in [0.25, 0.3) is 0 Å². The van der Waals surface area contributed by atoms with Crippen LogP contribution in [0.4, 0.5) is 0 Å². The highest BCUT2D eigenvalue weighted by Crippen LogP contribution is 2.06. The maximum absolute atomic E-state index is 3.75. The van der Waals surface area contributed by atoms with E-state index in [2.05, 4.69) is 50.8 Å². The number of hydrogen-bond donors (Lipinski definition) is 0. The Morgan fingerprint density at radius 1 is 1.07 bits per heavy atom. The lowest BCUT2D eigenvalue weighted by atomic mass is 10.1. The molecule has 14 heavy (non-hydrogen) atoms. The highest BCUT2D eigenvalue weighted by molar-refractivity contribution is 5.21. The van der Waals surface area contributed by atoms with Crippen LogP contribution in [0.15, 0.2) is 48.6 Å². The molecule has 0 unspecified atom stereocenters. The molecule has 0 aliphatic heterocycles. The third kappa shape index (κ3) is 7.60. The van der Waals surface area contributed by atoms with Gasteiger partial charge in [0, 0.05) is 0 Å². The van der Waals surface area contributed by atoms with Crippen LogP contribution in [0.2, 0.25) is 0 Å². The van der Waals surface area contributed by atoms with Gasteiger partial charge in [0.2, 0.25) is 0 Å². The van der Waals surface area contributed by atoms with Crippen molar-refractivity contribution in [2.75, 3.05) is 0 Å². The molecule has 0 saturated carbocycles. The molecule has 0 aromatic carbocycles. The van der Waals surface area contributed by atoms with Crippen molar-refractivity contribution in [2.24, 2.45) is 0 Å². The fraction of sp³-hybridized carbons (Fsp3) is 0.429. The Hall–Kier alpha value is -1.04. The van der Waals surface area contributed by atoms with Gasteiger partial charge in [-0.2, -0.15) is 0 Å². The van der Waals surface area contributed by atoms with Crippen LogP contribution >= 0.6 is 0 Å². The molecule has 0 radical (unpaired) electrons. The quantitative estimate of drug-likeness (QED) is 0.399. The van der Waals surface area contributed by atoms with Crippen LogP contribution in [0.1, 0.15) is 39.5 Å².